The number of alkyl halides is 3. The molecule has 1 N–H and O–H groups in total. The lowest BCUT2D eigenvalue weighted by molar-refractivity contribution is -0.192. The number of halogens is 3. The summed E-state index contributed by atoms with van der Waals surface area (Å²) in [6.45, 7) is 11.9. The van der Waals surface area contributed by atoms with Crippen LogP contribution in [0.5, 0.6) is 0 Å². The summed E-state index contributed by atoms with van der Waals surface area (Å²) in [6, 6.07) is 15.4. The summed E-state index contributed by atoms with van der Waals surface area (Å²) < 4.78 is 33.8. The standard InChI is InChI=1S/C26H34N4.C2HF3O2/c1-6-14-29(18-22-11-8-7-9-12-22)26-23-13-10-15-30(25(23)27-28(26)5)24-20(3)16-19(2)17-21(24)4;3-2(4,5)1(6)7/h7-9,11-12,16-17H,6,10,13-15,18H2,1-5H3;(H,6,7). The third-order valence-corrected chi connectivity index (χ3v) is 6.31. The highest BCUT2D eigenvalue weighted by atomic mass is 19.4. The second kappa shape index (κ2) is 11.7. The molecule has 0 fully saturated rings. The topological polar surface area (TPSA) is 61.6 Å². The second-order valence-electron chi connectivity index (χ2n) is 9.46. The first-order valence-corrected chi connectivity index (χ1v) is 12.4. The number of nitrogens with zero attached hydrogens (tertiary/aromatic N) is 4. The molecule has 4 rings (SSSR count). The van der Waals surface area contributed by atoms with Gasteiger partial charge in [0.15, 0.2) is 5.82 Å². The van der Waals surface area contributed by atoms with E-state index >= 15 is 0 Å². The lowest BCUT2D eigenvalue weighted by Gasteiger charge is -2.32. The monoisotopic (exact) mass is 516 g/mol. The first-order chi connectivity index (χ1) is 17.4. The Hall–Kier alpha value is -3.49. The normalized spacial score (nSPS) is 13.0. The molecule has 1 aliphatic rings. The van der Waals surface area contributed by atoms with E-state index in [1.54, 1.807) is 0 Å². The van der Waals surface area contributed by atoms with Gasteiger partial charge in [0.1, 0.15) is 5.82 Å². The quantitative estimate of drug-likeness (QED) is 0.406. The van der Waals surface area contributed by atoms with E-state index in [4.69, 9.17) is 15.0 Å². The van der Waals surface area contributed by atoms with Gasteiger partial charge >= 0.3 is 12.1 Å². The van der Waals surface area contributed by atoms with Gasteiger partial charge in [-0.15, -0.1) is 0 Å². The van der Waals surface area contributed by atoms with Crippen molar-refractivity contribution in [1.82, 2.24) is 9.78 Å². The number of carboxylic acids is 1. The summed E-state index contributed by atoms with van der Waals surface area (Å²) in [5.74, 6) is -0.335. The molecule has 0 radical (unpaired) electrons. The SMILES string of the molecule is CCCN(Cc1ccccc1)c1c2c(nn1C)N(c1c(C)cc(C)cc1C)CCC2.O=C(O)C(F)(F)F. The zero-order chi connectivity index (χ0) is 27.3. The lowest BCUT2D eigenvalue weighted by Crippen LogP contribution is -2.29. The van der Waals surface area contributed by atoms with Crippen LogP contribution < -0.4 is 9.80 Å². The number of aryl methyl sites for hydroxylation is 4. The van der Waals surface area contributed by atoms with E-state index < -0.39 is 12.1 Å². The number of benzene rings is 2. The van der Waals surface area contributed by atoms with Crippen molar-refractivity contribution in [3.05, 3.63) is 70.3 Å². The highest BCUT2D eigenvalue weighted by Gasteiger charge is 2.38. The Morgan fingerprint density at radius 1 is 1.11 bits per heavy atom. The zero-order valence-electron chi connectivity index (χ0n) is 22.1. The average Bonchev–Trinajstić information content (AvgIpc) is 3.15. The molecular weight excluding hydrogens is 481 g/mol. The van der Waals surface area contributed by atoms with E-state index in [1.807, 2.05) is 0 Å². The van der Waals surface area contributed by atoms with Crippen molar-refractivity contribution in [3.63, 3.8) is 0 Å². The van der Waals surface area contributed by atoms with E-state index in [0.717, 1.165) is 44.7 Å². The van der Waals surface area contributed by atoms with Crippen molar-refractivity contribution in [2.75, 3.05) is 22.9 Å². The molecule has 1 aromatic heterocycles. The number of rotatable bonds is 6. The predicted octanol–water partition coefficient (Wildman–Crippen LogP) is 6.48. The third-order valence-electron chi connectivity index (χ3n) is 6.31. The maximum Gasteiger partial charge on any atom is 0.490 e. The van der Waals surface area contributed by atoms with Crippen LogP contribution in [0.15, 0.2) is 42.5 Å². The Balaban J connectivity index is 0.000000479. The van der Waals surface area contributed by atoms with Crippen molar-refractivity contribution in [2.24, 2.45) is 7.05 Å². The van der Waals surface area contributed by atoms with Crippen LogP contribution in [0.3, 0.4) is 0 Å². The maximum atomic E-state index is 10.6. The number of fused-ring (bicyclic) bond motifs is 1. The average molecular weight is 517 g/mol. The molecule has 9 heteroatoms. The molecular formula is C28H35F3N4O2. The van der Waals surface area contributed by atoms with Crippen molar-refractivity contribution in [3.8, 4) is 0 Å². The van der Waals surface area contributed by atoms with Crippen molar-refractivity contribution >= 4 is 23.3 Å². The molecule has 0 amide bonds. The largest absolute Gasteiger partial charge is 0.490 e. The van der Waals surface area contributed by atoms with Crippen LogP contribution in [0.25, 0.3) is 0 Å². The minimum absolute atomic E-state index is 0.920. The predicted molar refractivity (Wildman–Crippen MR) is 141 cm³/mol. The highest BCUT2D eigenvalue weighted by Crippen LogP contribution is 2.41. The van der Waals surface area contributed by atoms with Crippen LogP contribution in [0, 0.1) is 20.8 Å². The van der Waals surface area contributed by atoms with Gasteiger partial charge < -0.3 is 14.9 Å². The molecule has 1 aliphatic heterocycles. The van der Waals surface area contributed by atoms with Crippen LogP contribution >= 0.6 is 0 Å². The number of carboxylic acid groups (broad SMARTS) is 1. The highest BCUT2D eigenvalue weighted by molar-refractivity contribution is 5.74. The van der Waals surface area contributed by atoms with Crippen LogP contribution in [0.1, 0.15) is 47.6 Å². The van der Waals surface area contributed by atoms with Crippen LogP contribution in [0.4, 0.5) is 30.5 Å². The lowest BCUT2D eigenvalue weighted by atomic mass is 10.00. The summed E-state index contributed by atoms with van der Waals surface area (Å²) in [4.78, 5) is 13.9. The summed E-state index contributed by atoms with van der Waals surface area (Å²) in [5, 5.41) is 12.2. The van der Waals surface area contributed by atoms with Crippen molar-refractivity contribution in [2.45, 2.75) is 59.7 Å². The fraction of sp³-hybridized carbons (Fsp3) is 0.429. The van der Waals surface area contributed by atoms with E-state index in [2.05, 4.69) is 91.7 Å². The van der Waals surface area contributed by atoms with Crippen LogP contribution in [0.2, 0.25) is 0 Å². The van der Waals surface area contributed by atoms with Crippen molar-refractivity contribution in [1.29, 1.82) is 0 Å². The Morgan fingerprint density at radius 2 is 1.70 bits per heavy atom. The molecule has 0 saturated carbocycles. The summed E-state index contributed by atoms with van der Waals surface area (Å²) in [7, 11) is 2.11. The zero-order valence-corrected chi connectivity index (χ0v) is 22.1. The molecule has 0 saturated heterocycles. The smallest absolute Gasteiger partial charge is 0.475 e. The van der Waals surface area contributed by atoms with Gasteiger partial charge in [0.05, 0.1) is 0 Å². The first kappa shape index (κ1) is 28.1. The number of carbonyl (C=O) groups is 1. The molecule has 0 bridgehead atoms. The van der Waals surface area contributed by atoms with Gasteiger partial charge in [0, 0.05) is 37.9 Å². The molecule has 0 unspecified atom stereocenters. The Morgan fingerprint density at radius 3 is 2.24 bits per heavy atom. The maximum absolute atomic E-state index is 10.6. The van der Waals surface area contributed by atoms with Gasteiger partial charge in [-0.25, -0.2) is 4.79 Å². The Kier molecular flexibility index (Phi) is 8.89. The molecule has 3 aromatic rings. The molecule has 200 valence electrons. The summed E-state index contributed by atoms with van der Waals surface area (Å²) in [6.07, 6.45) is -1.72. The molecule has 6 nitrogen and oxygen atoms in total. The van der Waals surface area contributed by atoms with Gasteiger partial charge in [-0.05, 0) is 56.7 Å². The molecule has 37 heavy (non-hydrogen) atoms. The summed E-state index contributed by atoms with van der Waals surface area (Å²) in [5.41, 5.74) is 8.07. The van der Waals surface area contributed by atoms with Gasteiger partial charge in [0.2, 0.25) is 0 Å². The fourth-order valence-corrected chi connectivity index (χ4v) is 5.05. The number of hydrogen-bond acceptors (Lipinski definition) is 4. The first-order valence-electron chi connectivity index (χ1n) is 12.4. The molecule has 0 spiro atoms. The Labute approximate surface area is 216 Å². The summed E-state index contributed by atoms with van der Waals surface area (Å²) >= 11 is 0. The second-order valence-corrected chi connectivity index (χ2v) is 9.46. The van der Waals surface area contributed by atoms with Gasteiger partial charge in [0.25, 0.3) is 0 Å². The van der Waals surface area contributed by atoms with Crippen LogP contribution in [-0.4, -0.2) is 40.1 Å². The molecule has 0 atom stereocenters. The number of anilines is 3. The minimum Gasteiger partial charge on any atom is -0.475 e. The Bertz CT molecular complexity index is 1200. The number of aromatic nitrogens is 2. The van der Waals surface area contributed by atoms with Gasteiger partial charge in [-0.1, -0.05) is 55.0 Å². The van der Waals surface area contributed by atoms with Crippen LogP contribution in [-0.2, 0) is 24.8 Å². The molecule has 0 aliphatic carbocycles. The fourth-order valence-electron chi connectivity index (χ4n) is 5.05. The van der Waals surface area contributed by atoms with E-state index in [-0.39, 0.29) is 0 Å². The third kappa shape index (κ3) is 6.64. The van der Waals surface area contributed by atoms with E-state index in [0.29, 0.717) is 0 Å². The van der Waals surface area contributed by atoms with Crippen molar-refractivity contribution < 1.29 is 23.1 Å². The van der Waals surface area contributed by atoms with E-state index in [1.165, 1.54) is 39.3 Å². The molecule has 2 aromatic carbocycles. The molecule has 2 heterocycles. The van der Waals surface area contributed by atoms with E-state index in [9.17, 15) is 13.2 Å². The minimum atomic E-state index is -5.08. The van der Waals surface area contributed by atoms with Gasteiger partial charge in [-0.3, -0.25) is 4.68 Å². The number of hydrogen-bond donors (Lipinski definition) is 1. The number of aliphatic carboxylic acids is 1. The van der Waals surface area contributed by atoms with Gasteiger partial charge in [-0.2, -0.15) is 18.3 Å².